The van der Waals surface area contributed by atoms with E-state index in [2.05, 4.69) is 6.07 Å². The van der Waals surface area contributed by atoms with Gasteiger partial charge in [0.15, 0.2) is 11.5 Å². The number of nitrogens with zero attached hydrogens (tertiary/aromatic N) is 2. The number of aldehydes is 1. The lowest BCUT2D eigenvalue weighted by atomic mass is 10.0. The Morgan fingerprint density at radius 1 is 0.900 bits per heavy atom. The van der Waals surface area contributed by atoms with Crippen LogP contribution >= 0.6 is 0 Å². The minimum absolute atomic E-state index is 0.0852. The predicted octanol–water partition coefficient (Wildman–Crippen LogP) is 7.21. The van der Waals surface area contributed by atoms with Crippen LogP contribution in [0.15, 0.2) is 102 Å². The Bertz CT molecular complexity index is 1410. The van der Waals surface area contributed by atoms with Gasteiger partial charge < -0.3 is 24.8 Å². The van der Waals surface area contributed by atoms with E-state index < -0.39 is 11.7 Å². The summed E-state index contributed by atoms with van der Waals surface area (Å²) in [5, 5.41) is 22.5. The fourth-order valence-corrected chi connectivity index (χ4v) is 4.51. The number of aliphatic hydroxyl groups excluding tert-OH is 2. The molecular weight excluding hydrogens is 517 g/mol. The minimum atomic E-state index is -4.41. The van der Waals surface area contributed by atoms with E-state index in [4.69, 9.17) is 0 Å². The van der Waals surface area contributed by atoms with E-state index in [1.807, 2.05) is 53.2 Å². The van der Waals surface area contributed by atoms with Crippen LogP contribution in [-0.2, 0) is 23.9 Å². The first-order valence-electron chi connectivity index (χ1n) is 13.0. The van der Waals surface area contributed by atoms with E-state index in [0.29, 0.717) is 37.2 Å². The van der Waals surface area contributed by atoms with E-state index in [9.17, 15) is 28.2 Å². The maximum Gasteiger partial charge on any atom is 0.416 e. The number of allylic oxidation sites excluding steroid dienone is 4. The summed E-state index contributed by atoms with van der Waals surface area (Å²) in [6.07, 6.45) is -0.296. The highest BCUT2D eigenvalue weighted by molar-refractivity contribution is 5.83. The summed E-state index contributed by atoms with van der Waals surface area (Å²) in [6.45, 7) is 4.68. The van der Waals surface area contributed by atoms with Crippen LogP contribution < -0.4 is 0 Å². The van der Waals surface area contributed by atoms with E-state index >= 15 is 0 Å². The van der Waals surface area contributed by atoms with Crippen LogP contribution in [0.3, 0.4) is 0 Å². The molecule has 0 saturated carbocycles. The van der Waals surface area contributed by atoms with Gasteiger partial charge in [-0.1, -0.05) is 60.7 Å². The van der Waals surface area contributed by atoms with Crippen molar-refractivity contribution in [3.05, 3.63) is 118 Å². The van der Waals surface area contributed by atoms with Crippen molar-refractivity contribution in [3.8, 4) is 0 Å². The van der Waals surface area contributed by atoms with Gasteiger partial charge in [0.2, 0.25) is 0 Å². The number of aliphatic hydroxyl groups is 2. The molecule has 212 valence electrons. The zero-order valence-corrected chi connectivity index (χ0v) is 22.9. The summed E-state index contributed by atoms with van der Waals surface area (Å²) in [4.78, 5) is 15.5. The van der Waals surface area contributed by atoms with Gasteiger partial charge in [0, 0.05) is 31.8 Å². The lowest BCUT2D eigenvalue weighted by Gasteiger charge is -2.30. The highest BCUT2D eigenvalue weighted by Gasteiger charge is 2.30. The van der Waals surface area contributed by atoms with Crippen molar-refractivity contribution in [2.75, 3.05) is 26.7 Å². The molecule has 0 aliphatic carbocycles. The third-order valence-electron chi connectivity index (χ3n) is 6.66. The normalized spacial score (nSPS) is 13.5. The Labute approximate surface area is 233 Å². The number of likely N-dealkylation sites (N-methyl/N-ethyl adjacent to an activating group) is 1. The third kappa shape index (κ3) is 8.48. The van der Waals surface area contributed by atoms with E-state index in [0.717, 1.165) is 40.5 Å². The van der Waals surface area contributed by atoms with Gasteiger partial charge in [0.05, 0.1) is 12.1 Å². The number of carbonyl (C=O) groups excluding carboxylic acids is 1. The molecule has 0 fully saturated rings. The number of halogens is 3. The molecule has 8 heteroatoms. The number of alkyl halides is 3. The Hall–Kier alpha value is -4.04. The first-order chi connectivity index (χ1) is 19.0. The van der Waals surface area contributed by atoms with Crippen LogP contribution in [0.25, 0.3) is 10.8 Å². The smallest absolute Gasteiger partial charge is 0.416 e. The number of rotatable bonds is 12. The topological polar surface area (TPSA) is 64.0 Å². The summed E-state index contributed by atoms with van der Waals surface area (Å²) < 4.78 is 39.4. The van der Waals surface area contributed by atoms with Crippen molar-refractivity contribution in [1.82, 2.24) is 9.80 Å². The zero-order chi connectivity index (χ0) is 29.3. The van der Waals surface area contributed by atoms with Crippen molar-refractivity contribution in [2.45, 2.75) is 33.0 Å². The second-order valence-corrected chi connectivity index (χ2v) is 9.74. The first-order valence-corrected chi connectivity index (χ1v) is 13.0. The van der Waals surface area contributed by atoms with Gasteiger partial charge in [0.1, 0.15) is 6.29 Å². The molecule has 0 aliphatic heterocycles. The molecule has 0 bridgehead atoms. The van der Waals surface area contributed by atoms with Crippen molar-refractivity contribution in [2.24, 2.45) is 0 Å². The van der Waals surface area contributed by atoms with Gasteiger partial charge in [-0.25, -0.2) is 0 Å². The van der Waals surface area contributed by atoms with Crippen LogP contribution in [0.1, 0.15) is 30.5 Å². The van der Waals surface area contributed by atoms with E-state index in [1.54, 1.807) is 19.9 Å². The predicted molar refractivity (Wildman–Crippen MR) is 153 cm³/mol. The maximum absolute atomic E-state index is 13.1. The molecule has 0 aliphatic rings. The molecule has 0 heterocycles. The molecule has 0 aromatic heterocycles. The van der Waals surface area contributed by atoms with Crippen LogP contribution in [-0.4, -0.2) is 53.0 Å². The standard InChI is InChI=1S/C32H35F3N2O3/c1-4-30(39)31(40)18-23(2)29(21-24-12-13-26-9-5-6-10-27(26)19-24)37(16-17-38)15-14-36(3)22-25-8-7-11-28(20-25)32(33,34)35/h4-13,17-20,39-40H,14-16,21-22H2,1-3H3/b29-23+,30-4+,31-18+. The SMILES string of the molecule is C\C=C(O)/C(O)=C\C(C)=C(/Cc1ccc2ccccc2c1)N(CC=O)CCN(C)Cc1cccc(C(F)(F)F)c1. The number of fused-ring (bicyclic) bond motifs is 1. The molecule has 0 spiro atoms. The largest absolute Gasteiger partial charge is 0.504 e. The highest BCUT2D eigenvalue weighted by Crippen LogP contribution is 2.30. The first kappa shape index (κ1) is 30.5. The Kier molecular flexibility index (Phi) is 10.6. The summed E-state index contributed by atoms with van der Waals surface area (Å²) >= 11 is 0. The molecule has 0 unspecified atom stereocenters. The van der Waals surface area contributed by atoms with Crippen molar-refractivity contribution >= 4 is 17.1 Å². The second-order valence-electron chi connectivity index (χ2n) is 9.74. The van der Waals surface area contributed by atoms with Gasteiger partial charge in [-0.15, -0.1) is 0 Å². The minimum Gasteiger partial charge on any atom is -0.504 e. The summed E-state index contributed by atoms with van der Waals surface area (Å²) in [7, 11) is 1.81. The summed E-state index contributed by atoms with van der Waals surface area (Å²) in [6, 6.07) is 19.4. The molecule has 2 N–H and O–H groups in total. The number of carbonyl (C=O) groups is 1. The van der Waals surface area contributed by atoms with Gasteiger partial charge in [-0.3, -0.25) is 0 Å². The van der Waals surface area contributed by atoms with Crippen LogP contribution in [0, 0.1) is 0 Å². The Morgan fingerprint density at radius 3 is 2.30 bits per heavy atom. The summed E-state index contributed by atoms with van der Waals surface area (Å²) in [5.74, 6) is -0.545. The van der Waals surface area contributed by atoms with Crippen LogP contribution in [0.5, 0.6) is 0 Å². The molecule has 0 saturated heterocycles. The van der Waals surface area contributed by atoms with Gasteiger partial charge in [-0.2, -0.15) is 13.2 Å². The molecule has 3 aromatic rings. The molecule has 3 rings (SSSR count). The summed E-state index contributed by atoms with van der Waals surface area (Å²) in [5.41, 5.74) is 2.31. The van der Waals surface area contributed by atoms with Gasteiger partial charge >= 0.3 is 6.18 Å². The fourth-order valence-electron chi connectivity index (χ4n) is 4.51. The highest BCUT2D eigenvalue weighted by atomic mass is 19.4. The molecule has 5 nitrogen and oxygen atoms in total. The second kappa shape index (κ2) is 13.8. The number of benzene rings is 3. The molecular formula is C32H35F3N2O3. The van der Waals surface area contributed by atoms with Crippen molar-refractivity contribution in [1.29, 1.82) is 0 Å². The lowest BCUT2D eigenvalue weighted by Crippen LogP contribution is -2.35. The average molecular weight is 553 g/mol. The zero-order valence-electron chi connectivity index (χ0n) is 22.9. The quantitative estimate of drug-likeness (QED) is 0.141. The number of hydrogen-bond acceptors (Lipinski definition) is 5. The molecule has 40 heavy (non-hydrogen) atoms. The molecule has 0 amide bonds. The lowest BCUT2D eigenvalue weighted by molar-refractivity contribution is -0.137. The van der Waals surface area contributed by atoms with E-state index in [-0.39, 0.29) is 18.1 Å². The number of hydrogen-bond donors (Lipinski definition) is 2. The van der Waals surface area contributed by atoms with Gasteiger partial charge in [0.25, 0.3) is 0 Å². The van der Waals surface area contributed by atoms with Crippen LogP contribution in [0.2, 0.25) is 0 Å². The molecule has 0 atom stereocenters. The van der Waals surface area contributed by atoms with Crippen LogP contribution in [0.4, 0.5) is 13.2 Å². The Morgan fingerprint density at radius 2 is 1.62 bits per heavy atom. The van der Waals surface area contributed by atoms with Gasteiger partial charge in [-0.05, 0) is 66.6 Å². The Balaban J connectivity index is 1.88. The van der Waals surface area contributed by atoms with E-state index in [1.165, 1.54) is 18.2 Å². The maximum atomic E-state index is 13.1. The van der Waals surface area contributed by atoms with Crippen molar-refractivity contribution in [3.63, 3.8) is 0 Å². The average Bonchev–Trinajstić information content (AvgIpc) is 2.93. The fraction of sp³-hybridized carbons (Fsp3) is 0.281. The monoisotopic (exact) mass is 552 g/mol. The molecule has 3 aromatic carbocycles. The van der Waals surface area contributed by atoms with Crippen molar-refractivity contribution < 1.29 is 28.2 Å². The molecule has 0 radical (unpaired) electrons. The third-order valence-corrected chi connectivity index (χ3v) is 6.66.